The number of nitrogens with zero attached hydrogens (tertiary/aromatic N) is 4. The molecule has 2 N–H and O–H groups in total. The molecule has 0 aromatic carbocycles. The Balaban J connectivity index is 1.54. The average Bonchev–Trinajstić information content (AvgIpc) is 3.44. The van der Waals surface area contributed by atoms with Crippen molar-refractivity contribution in [1.29, 1.82) is 0 Å². The minimum Gasteiger partial charge on any atom is -0.376 e. The lowest BCUT2D eigenvalue weighted by atomic mass is 10.2. The molecule has 0 unspecified atom stereocenters. The summed E-state index contributed by atoms with van der Waals surface area (Å²) in [5.41, 5.74) is 2.37. The predicted molar refractivity (Wildman–Crippen MR) is 101 cm³/mol. The Kier molecular flexibility index (Phi) is 5.17. The molecular weight excluding hydrogens is 344 g/mol. The van der Waals surface area contributed by atoms with Gasteiger partial charge in [0.25, 0.3) is 5.91 Å². The number of ether oxygens (including phenoxy) is 1. The first kappa shape index (κ1) is 17.7. The number of fused-ring (bicyclic) bond motifs is 1. The lowest BCUT2D eigenvalue weighted by Gasteiger charge is -2.09. The van der Waals surface area contributed by atoms with Crippen LogP contribution in [0.2, 0.25) is 0 Å². The average molecular weight is 368 g/mol. The third-order valence-corrected chi connectivity index (χ3v) is 4.71. The number of aromatic nitrogens is 4. The van der Waals surface area contributed by atoms with Crippen LogP contribution in [0, 0.1) is 0 Å². The van der Waals surface area contributed by atoms with E-state index in [0.717, 1.165) is 37.2 Å². The van der Waals surface area contributed by atoms with Gasteiger partial charge in [-0.1, -0.05) is 13.0 Å². The Bertz CT molecular complexity index is 925. The van der Waals surface area contributed by atoms with Crippen LogP contribution in [-0.4, -0.2) is 50.6 Å². The number of pyridine rings is 1. The van der Waals surface area contributed by atoms with Crippen LogP contribution in [0.4, 0.5) is 0 Å². The molecule has 1 atom stereocenters. The van der Waals surface area contributed by atoms with Gasteiger partial charge in [0.2, 0.25) is 5.95 Å². The summed E-state index contributed by atoms with van der Waals surface area (Å²) in [7, 11) is 0. The Labute approximate surface area is 157 Å². The Hall–Kier alpha value is -2.71. The molecule has 4 rings (SSSR count). The molecule has 3 aromatic heterocycles. The molecule has 0 saturated carbocycles. The fourth-order valence-electron chi connectivity index (χ4n) is 3.29. The maximum absolute atomic E-state index is 12.4. The predicted octanol–water partition coefficient (Wildman–Crippen LogP) is 1.54. The summed E-state index contributed by atoms with van der Waals surface area (Å²) in [5.74, 6) is 0.516. The summed E-state index contributed by atoms with van der Waals surface area (Å²) in [6.07, 6.45) is 7.45. The van der Waals surface area contributed by atoms with E-state index < -0.39 is 0 Å². The molecule has 1 fully saturated rings. The van der Waals surface area contributed by atoms with Crippen LogP contribution in [-0.2, 0) is 11.3 Å². The largest absolute Gasteiger partial charge is 0.376 e. The molecule has 27 heavy (non-hydrogen) atoms. The second kappa shape index (κ2) is 7.89. The van der Waals surface area contributed by atoms with Gasteiger partial charge in [0.15, 0.2) is 0 Å². The van der Waals surface area contributed by atoms with Crippen molar-refractivity contribution in [1.82, 2.24) is 29.6 Å². The van der Waals surface area contributed by atoms with Gasteiger partial charge < -0.3 is 15.4 Å². The molecule has 8 heteroatoms. The molecule has 0 aliphatic carbocycles. The molecule has 0 spiro atoms. The van der Waals surface area contributed by atoms with Gasteiger partial charge >= 0.3 is 0 Å². The van der Waals surface area contributed by atoms with E-state index in [1.165, 1.54) is 0 Å². The summed E-state index contributed by atoms with van der Waals surface area (Å²) in [5, 5.41) is 6.21. The molecule has 0 radical (unpaired) electrons. The van der Waals surface area contributed by atoms with Gasteiger partial charge in [0.05, 0.1) is 17.3 Å². The molecule has 4 heterocycles. The van der Waals surface area contributed by atoms with Gasteiger partial charge in [0.1, 0.15) is 12.0 Å². The number of hydrogen-bond acceptors (Lipinski definition) is 5. The van der Waals surface area contributed by atoms with Gasteiger partial charge in [0, 0.05) is 32.1 Å². The molecule has 8 nitrogen and oxygen atoms in total. The number of rotatable bonds is 7. The lowest BCUT2D eigenvalue weighted by Crippen LogP contribution is -2.31. The SMILES string of the molecule is CCNCc1nc(-n2cnc(C(=O)NC[C@@H]3CCCO3)c2)n2ccccc12. The summed E-state index contributed by atoms with van der Waals surface area (Å²) in [6.45, 7) is 4.92. The van der Waals surface area contributed by atoms with Crippen LogP contribution in [0.3, 0.4) is 0 Å². The van der Waals surface area contributed by atoms with Crippen molar-refractivity contribution >= 4 is 11.4 Å². The van der Waals surface area contributed by atoms with Crippen LogP contribution in [0.1, 0.15) is 35.9 Å². The van der Waals surface area contributed by atoms with Gasteiger partial charge in [-0.25, -0.2) is 9.97 Å². The second-order valence-corrected chi connectivity index (χ2v) is 6.61. The fourth-order valence-corrected chi connectivity index (χ4v) is 3.29. The minimum atomic E-state index is -0.196. The molecule has 1 aliphatic heterocycles. The Morgan fingerprint density at radius 3 is 3.15 bits per heavy atom. The van der Waals surface area contributed by atoms with Crippen LogP contribution in [0.5, 0.6) is 0 Å². The number of carbonyl (C=O) groups is 1. The Morgan fingerprint density at radius 1 is 1.41 bits per heavy atom. The number of carbonyl (C=O) groups excluding carboxylic acids is 1. The first-order chi connectivity index (χ1) is 13.3. The normalized spacial score (nSPS) is 16.9. The molecule has 1 amide bonds. The highest BCUT2D eigenvalue weighted by atomic mass is 16.5. The molecular formula is C19H24N6O2. The molecule has 142 valence electrons. The van der Waals surface area contributed by atoms with Crippen molar-refractivity contribution in [3.05, 3.63) is 48.3 Å². The standard InChI is InChI=1S/C19H24N6O2/c1-2-20-11-15-17-7-3-4-8-25(17)19(23-15)24-12-16(22-13-24)18(26)21-10-14-6-5-9-27-14/h3-4,7-8,12-14,20H,2,5-6,9-11H2,1H3,(H,21,26)/t14-/m0/s1. The van der Waals surface area contributed by atoms with Crippen molar-refractivity contribution in [3.63, 3.8) is 0 Å². The second-order valence-electron chi connectivity index (χ2n) is 6.61. The zero-order valence-electron chi connectivity index (χ0n) is 15.4. The highest BCUT2D eigenvalue weighted by Gasteiger charge is 2.18. The van der Waals surface area contributed by atoms with Gasteiger partial charge in [-0.2, -0.15) is 0 Å². The van der Waals surface area contributed by atoms with Crippen LogP contribution in [0.25, 0.3) is 11.5 Å². The maximum Gasteiger partial charge on any atom is 0.271 e. The van der Waals surface area contributed by atoms with Crippen LogP contribution >= 0.6 is 0 Å². The molecule has 3 aromatic rings. The van der Waals surface area contributed by atoms with E-state index in [2.05, 4.69) is 22.5 Å². The number of hydrogen-bond donors (Lipinski definition) is 2. The summed E-state index contributed by atoms with van der Waals surface area (Å²) in [4.78, 5) is 21.4. The van der Waals surface area contributed by atoms with Crippen molar-refractivity contribution in [2.75, 3.05) is 19.7 Å². The summed E-state index contributed by atoms with van der Waals surface area (Å²) >= 11 is 0. The third-order valence-electron chi connectivity index (χ3n) is 4.71. The minimum absolute atomic E-state index is 0.112. The molecule has 0 bridgehead atoms. The van der Waals surface area contributed by atoms with Gasteiger partial charge in [-0.15, -0.1) is 0 Å². The first-order valence-corrected chi connectivity index (χ1v) is 9.37. The highest BCUT2D eigenvalue weighted by Crippen LogP contribution is 2.17. The van der Waals surface area contributed by atoms with E-state index in [-0.39, 0.29) is 12.0 Å². The summed E-state index contributed by atoms with van der Waals surface area (Å²) in [6, 6.07) is 5.99. The maximum atomic E-state index is 12.4. The number of amides is 1. The Morgan fingerprint density at radius 2 is 2.33 bits per heavy atom. The molecule has 1 saturated heterocycles. The van der Waals surface area contributed by atoms with Crippen molar-refractivity contribution in [3.8, 4) is 5.95 Å². The van der Waals surface area contributed by atoms with Crippen LogP contribution < -0.4 is 10.6 Å². The third kappa shape index (κ3) is 3.72. The highest BCUT2D eigenvalue weighted by molar-refractivity contribution is 5.92. The molecule has 1 aliphatic rings. The smallest absolute Gasteiger partial charge is 0.271 e. The van der Waals surface area contributed by atoms with Gasteiger partial charge in [-0.3, -0.25) is 13.8 Å². The zero-order chi connectivity index (χ0) is 18.6. The first-order valence-electron chi connectivity index (χ1n) is 9.37. The van der Waals surface area contributed by atoms with E-state index >= 15 is 0 Å². The summed E-state index contributed by atoms with van der Waals surface area (Å²) < 4.78 is 9.32. The van der Waals surface area contributed by atoms with Crippen molar-refractivity contribution < 1.29 is 9.53 Å². The van der Waals surface area contributed by atoms with E-state index in [1.807, 2.05) is 28.8 Å². The van der Waals surface area contributed by atoms with Crippen LogP contribution in [0.15, 0.2) is 36.9 Å². The zero-order valence-corrected chi connectivity index (χ0v) is 15.4. The van der Waals surface area contributed by atoms with E-state index in [4.69, 9.17) is 9.72 Å². The monoisotopic (exact) mass is 368 g/mol. The van der Waals surface area contributed by atoms with Gasteiger partial charge in [-0.05, 0) is 31.5 Å². The fraction of sp³-hybridized carbons (Fsp3) is 0.421. The van der Waals surface area contributed by atoms with E-state index in [9.17, 15) is 4.79 Å². The number of nitrogens with one attached hydrogen (secondary N) is 2. The van der Waals surface area contributed by atoms with E-state index in [0.29, 0.717) is 24.7 Å². The van der Waals surface area contributed by atoms with Crippen molar-refractivity contribution in [2.24, 2.45) is 0 Å². The lowest BCUT2D eigenvalue weighted by molar-refractivity contribution is 0.0854. The quantitative estimate of drug-likeness (QED) is 0.661. The van der Waals surface area contributed by atoms with Crippen molar-refractivity contribution in [2.45, 2.75) is 32.4 Å². The number of imidazole rings is 2. The van der Waals surface area contributed by atoms with E-state index in [1.54, 1.807) is 17.1 Å². The topological polar surface area (TPSA) is 85.5 Å².